The lowest BCUT2D eigenvalue weighted by molar-refractivity contribution is 0.173. The monoisotopic (exact) mass is 220 g/mol. The number of hydrogen-bond acceptors (Lipinski definition) is 2. The van der Waals surface area contributed by atoms with Gasteiger partial charge in [0.05, 0.1) is 0 Å². The van der Waals surface area contributed by atoms with Crippen LogP contribution in [0.15, 0.2) is 12.1 Å². The van der Waals surface area contributed by atoms with Crippen LogP contribution in [0, 0.1) is 12.8 Å². The highest BCUT2D eigenvalue weighted by Crippen LogP contribution is 2.37. The summed E-state index contributed by atoms with van der Waals surface area (Å²) in [4.78, 5) is 0. The number of aryl methyl sites for hydroxylation is 1. The van der Waals surface area contributed by atoms with Crippen molar-refractivity contribution in [1.82, 2.24) is 0 Å². The minimum atomic E-state index is 0.366. The van der Waals surface area contributed by atoms with Gasteiger partial charge in [-0.2, -0.15) is 0 Å². The van der Waals surface area contributed by atoms with Crippen LogP contribution < -0.4 is 9.47 Å². The van der Waals surface area contributed by atoms with E-state index in [2.05, 4.69) is 26.8 Å². The first-order valence-corrected chi connectivity index (χ1v) is 6.10. The zero-order valence-corrected chi connectivity index (χ0v) is 10.4. The van der Waals surface area contributed by atoms with Gasteiger partial charge in [-0.1, -0.05) is 26.3 Å². The van der Waals surface area contributed by atoms with Gasteiger partial charge < -0.3 is 9.47 Å². The summed E-state index contributed by atoms with van der Waals surface area (Å²) in [5, 5.41) is 0. The first-order valence-electron chi connectivity index (χ1n) is 6.10. The van der Waals surface area contributed by atoms with E-state index in [0.717, 1.165) is 23.8 Å². The quantitative estimate of drug-likeness (QED) is 0.770. The molecule has 1 aliphatic heterocycles. The summed E-state index contributed by atoms with van der Waals surface area (Å²) >= 11 is 0. The van der Waals surface area contributed by atoms with Crippen LogP contribution in [0.5, 0.6) is 11.5 Å². The zero-order valence-electron chi connectivity index (χ0n) is 10.4. The van der Waals surface area contributed by atoms with Gasteiger partial charge in [0.15, 0.2) is 11.5 Å². The largest absolute Gasteiger partial charge is 0.454 e. The van der Waals surface area contributed by atoms with Crippen molar-refractivity contribution in [3.63, 3.8) is 0 Å². The molecule has 0 spiro atoms. The fourth-order valence-electron chi connectivity index (χ4n) is 2.03. The topological polar surface area (TPSA) is 18.5 Å². The fourth-order valence-corrected chi connectivity index (χ4v) is 2.03. The zero-order chi connectivity index (χ0) is 11.5. The highest BCUT2D eigenvalue weighted by atomic mass is 16.7. The predicted molar refractivity (Wildman–Crippen MR) is 65.1 cm³/mol. The average Bonchev–Trinajstić information content (AvgIpc) is 2.76. The molecule has 1 aromatic carbocycles. The van der Waals surface area contributed by atoms with E-state index < -0.39 is 0 Å². The van der Waals surface area contributed by atoms with E-state index in [-0.39, 0.29) is 0 Å². The number of ether oxygens (including phenoxy) is 2. The molecule has 0 aromatic heterocycles. The van der Waals surface area contributed by atoms with Crippen LogP contribution in [0.2, 0.25) is 0 Å². The van der Waals surface area contributed by atoms with Crippen molar-refractivity contribution >= 4 is 0 Å². The highest BCUT2D eigenvalue weighted by molar-refractivity contribution is 5.51. The van der Waals surface area contributed by atoms with E-state index >= 15 is 0 Å². The van der Waals surface area contributed by atoms with Crippen LogP contribution in [0.1, 0.15) is 37.8 Å². The summed E-state index contributed by atoms with van der Waals surface area (Å²) in [5.74, 6) is 2.64. The Hall–Kier alpha value is -1.18. The molecule has 16 heavy (non-hydrogen) atoms. The second kappa shape index (κ2) is 4.77. The summed E-state index contributed by atoms with van der Waals surface area (Å²) in [6, 6.07) is 4.20. The highest BCUT2D eigenvalue weighted by Gasteiger charge is 2.17. The summed E-state index contributed by atoms with van der Waals surface area (Å²) in [7, 11) is 0. The predicted octanol–water partition coefficient (Wildman–Crippen LogP) is 3.70. The SMILES string of the molecule is CCC(C)CCc1ccc2c(c1C)OCO2. The second-order valence-electron chi connectivity index (χ2n) is 4.64. The minimum absolute atomic E-state index is 0.366. The van der Waals surface area contributed by atoms with Crippen LogP contribution in [0.3, 0.4) is 0 Å². The molecule has 1 aliphatic rings. The molecule has 0 saturated heterocycles. The first-order chi connectivity index (χ1) is 7.72. The molecule has 1 heterocycles. The lowest BCUT2D eigenvalue weighted by Crippen LogP contribution is -1.98. The summed E-state index contributed by atoms with van der Waals surface area (Å²) in [6.07, 6.45) is 3.64. The maximum atomic E-state index is 5.48. The smallest absolute Gasteiger partial charge is 0.231 e. The number of benzene rings is 1. The van der Waals surface area contributed by atoms with Crippen LogP contribution >= 0.6 is 0 Å². The molecule has 88 valence electrons. The molecule has 0 fully saturated rings. The van der Waals surface area contributed by atoms with E-state index in [4.69, 9.17) is 9.47 Å². The lowest BCUT2D eigenvalue weighted by atomic mass is 9.96. The lowest BCUT2D eigenvalue weighted by Gasteiger charge is -2.11. The standard InChI is InChI=1S/C14H20O2/c1-4-10(2)5-6-12-7-8-13-14(11(12)3)16-9-15-13/h7-8,10H,4-6,9H2,1-3H3. The molecule has 0 bridgehead atoms. The normalized spacial score (nSPS) is 15.2. The van der Waals surface area contributed by atoms with Crippen LogP contribution in [0.25, 0.3) is 0 Å². The van der Waals surface area contributed by atoms with Gasteiger partial charge in [-0.3, -0.25) is 0 Å². The van der Waals surface area contributed by atoms with E-state index in [1.165, 1.54) is 24.0 Å². The fraction of sp³-hybridized carbons (Fsp3) is 0.571. The minimum Gasteiger partial charge on any atom is -0.454 e. The number of rotatable bonds is 4. The van der Waals surface area contributed by atoms with Gasteiger partial charge in [0.2, 0.25) is 6.79 Å². The molecule has 1 unspecified atom stereocenters. The van der Waals surface area contributed by atoms with Gasteiger partial charge in [-0.05, 0) is 42.9 Å². The van der Waals surface area contributed by atoms with Crippen LogP contribution in [-0.2, 0) is 6.42 Å². The van der Waals surface area contributed by atoms with Crippen molar-refractivity contribution in [2.45, 2.75) is 40.0 Å². The Morgan fingerprint density at radius 3 is 2.88 bits per heavy atom. The molecule has 0 N–H and O–H groups in total. The Labute approximate surface area is 97.6 Å². The van der Waals surface area contributed by atoms with E-state index in [9.17, 15) is 0 Å². The summed E-state index contributed by atoms with van der Waals surface area (Å²) in [6.45, 7) is 7.05. The second-order valence-corrected chi connectivity index (χ2v) is 4.64. The van der Waals surface area contributed by atoms with E-state index in [0.29, 0.717) is 6.79 Å². The molecule has 0 amide bonds. The maximum Gasteiger partial charge on any atom is 0.231 e. The molecule has 1 aromatic rings. The molecule has 0 aliphatic carbocycles. The Kier molecular flexibility index (Phi) is 3.37. The van der Waals surface area contributed by atoms with Gasteiger partial charge in [-0.15, -0.1) is 0 Å². The molecule has 0 saturated carbocycles. The maximum absolute atomic E-state index is 5.48. The molecular weight excluding hydrogens is 200 g/mol. The van der Waals surface area contributed by atoms with Crippen molar-refractivity contribution in [2.24, 2.45) is 5.92 Å². The van der Waals surface area contributed by atoms with Crippen molar-refractivity contribution in [3.05, 3.63) is 23.3 Å². The summed E-state index contributed by atoms with van der Waals surface area (Å²) in [5.41, 5.74) is 2.64. The van der Waals surface area contributed by atoms with Crippen molar-refractivity contribution in [3.8, 4) is 11.5 Å². The van der Waals surface area contributed by atoms with E-state index in [1.54, 1.807) is 0 Å². The molecule has 2 nitrogen and oxygen atoms in total. The van der Waals surface area contributed by atoms with Gasteiger partial charge in [0.25, 0.3) is 0 Å². The van der Waals surface area contributed by atoms with Crippen LogP contribution in [0.4, 0.5) is 0 Å². The Morgan fingerprint density at radius 2 is 2.12 bits per heavy atom. The third kappa shape index (κ3) is 2.16. The van der Waals surface area contributed by atoms with Gasteiger partial charge >= 0.3 is 0 Å². The third-order valence-electron chi connectivity index (χ3n) is 3.50. The van der Waals surface area contributed by atoms with Gasteiger partial charge in [-0.25, -0.2) is 0 Å². The summed E-state index contributed by atoms with van der Waals surface area (Å²) < 4.78 is 10.8. The average molecular weight is 220 g/mol. The van der Waals surface area contributed by atoms with Gasteiger partial charge in [0.1, 0.15) is 0 Å². The Balaban J connectivity index is 2.11. The third-order valence-corrected chi connectivity index (χ3v) is 3.50. The molecule has 2 heteroatoms. The Morgan fingerprint density at radius 1 is 1.31 bits per heavy atom. The molecular formula is C14H20O2. The molecule has 0 radical (unpaired) electrons. The van der Waals surface area contributed by atoms with Crippen molar-refractivity contribution in [2.75, 3.05) is 6.79 Å². The molecule has 1 atom stereocenters. The number of hydrogen-bond donors (Lipinski definition) is 0. The first kappa shape index (κ1) is 11.3. The van der Waals surface area contributed by atoms with Crippen molar-refractivity contribution < 1.29 is 9.47 Å². The van der Waals surface area contributed by atoms with Crippen LogP contribution in [-0.4, -0.2) is 6.79 Å². The van der Waals surface area contributed by atoms with Crippen molar-refractivity contribution in [1.29, 1.82) is 0 Å². The number of fused-ring (bicyclic) bond motifs is 1. The van der Waals surface area contributed by atoms with Gasteiger partial charge in [0, 0.05) is 0 Å². The molecule has 2 rings (SSSR count). The van der Waals surface area contributed by atoms with E-state index in [1.807, 2.05) is 6.07 Å². The Bertz CT molecular complexity index is 371.